The van der Waals surface area contributed by atoms with Crippen molar-refractivity contribution in [2.24, 2.45) is 0 Å². The Kier molecular flexibility index (Phi) is 6.83. The van der Waals surface area contributed by atoms with E-state index < -0.39 is 10.0 Å². The summed E-state index contributed by atoms with van der Waals surface area (Å²) in [6, 6.07) is 12.7. The van der Waals surface area contributed by atoms with Crippen molar-refractivity contribution in [1.29, 1.82) is 0 Å². The number of sulfonamides is 1. The minimum Gasteiger partial charge on any atom is -0.373 e. The fourth-order valence-electron chi connectivity index (χ4n) is 4.25. The first-order valence-corrected chi connectivity index (χ1v) is 12.6. The second kappa shape index (κ2) is 9.65. The van der Waals surface area contributed by atoms with Crippen molar-refractivity contribution in [2.45, 2.75) is 43.8 Å². The molecule has 0 radical (unpaired) electrons. The van der Waals surface area contributed by atoms with Crippen molar-refractivity contribution >= 4 is 33.4 Å². The molecule has 0 unspecified atom stereocenters. The molecule has 1 fully saturated rings. The van der Waals surface area contributed by atoms with E-state index in [2.05, 4.69) is 5.32 Å². The van der Waals surface area contributed by atoms with Crippen LogP contribution in [0.15, 0.2) is 53.4 Å². The van der Waals surface area contributed by atoms with Crippen molar-refractivity contribution in [3.63, 3.8) is 0 Å². The van der Waals surface area contributed by atoms with Gasteiger partial charge in [0, 0.05) is 31.7 Å². The molecule has 2 aliphatic rings. The first-order chi connectivity index (χ1) is 16.2. The molecule has 2 heterocycles. The summed E-state index contributed by atoms with van der Waals surface area (Å²) < 4.78 is 32.9. The summed E-state index contributed by atoms with van der Waals surface area (Å²) in [5.74, 6) is -0.980. The molecule has 1 saturated heterocycles. The van der Waals surface area contributed by atoms with Crippen LogP contribution in [0.4, 0.5) is 5.69 Å². The number of ether oxygens (including phenoxy) is 1. The normalized spacial score (nSPS) is 20.9. The van der Waals surface area contributed by atoms with Crippen LogP contribution >= 0.6 is 0 Å². The van der Waals surface area contributed by atoms with E-state index in [-0.39, 0.29) is 60.9 Å². The molecule has 1 N–H and O–H groups in total. The van der Waals surface area contributed by atoms with Gasteiger partial charge in [0.2, 0.25) is 15.9 Å². The maximum Gasteiger partial charge on any atom is 0.261 e. The van der Waals surface area contributed by atoms with E-state index in [1.54, 1.807) is 36.4 Å². The minimum absolute atomic E-state index is 0.108. The summed E-state index contributed by atoms with van der Waals surface area (Å²) in [7, 11) is -3.66. The molecule has 2 aromatic carbocycles. The van der Waals surface area contributed by atoms with E-state index in [1.165, 1.54) is 16.4 Å². The molecule has 0 saturated carbocycles. The number of carbonyl (C=O) groups is 3. The number of nitrogens with one attached hydrogen (secondary N) is 1. The lowest BCUT2D eigenvalue weighted by Crippen LogP contribution is -2.48. The number of rotatable bonds is 7. The zero-order chi connectivity index (χ0) is 24.5. The lowest BCUT2D eigenvalue weighted by atomic mass is 10.1. The van der Waals surface area contributed by atoms with Gasteiger partial charge in [-0.2, -0.15) is 4.31 Å². The van der Waals surface area contributed by atoms with Crippen molar-refractivity contribution in [3.8, 4) is 0 Å². The van der Waals surface area contributed by atoms with Gasteiger partial charge in [-0.15, -0.1) is 0 Å². The average Bonchev–Trinajstić information content (AvgIpc) is 3.04. The van der Waals surface area contributed by atoms with Crippen LogP contribution in [0.5, 0.6) is 0 Å². The SMILES string of the molecule is C[C@@H]1CN(S(=O)(=O)c2ccc(NC(=O)CCCN3C(=O)c4ccccc4C3=O)cc2)C[C@@H](C)O1. The quantitative estimate of drug-likeness (QED) is 0.603. The Hall–Kier alpha value is -3.08. The Balaban J connectivity index is 1.30. The molecular formula is C24H27N3O6S. The highest BCUT2D eigenvalue weighted by Gasteiger charge is 2.35. The number of imide groups is 1. The van der Waals surface area contributed by atoms with Gasteiger partial charge in [0.15, 0.2) is 0 Å². The zero-order valence-corrected chi connectivity index (χ0v) is 19.9. The molecule has 2 atom stereocenters. The van der Waals surface area contributed by atoms with Crippen LogP contribution < -0.4 is 5.32 Å². The number of benzene rings is 2. The van der Waals surface area contributed by atoms with Crippen LogP contribution in [0.25, 0.3) is 0 Å². The van der Waals surface area contributed by atoms with Crippen LogP contribution in [0.1, 0.15) is 47.4 Å². The van der Waals surface area contributed by atoms with E-state index >= 15 is 0 Å². The van der Waals surface area contributed by atoms with Gasteiger partial charge in [0.1, 0.15) is 0 Å². The Morgan fingerprint density at radius 1 is 0.971 bits per heavy atom. The second-order valence-electron chi connectivity index (χ2n) is 8.56. The molecule has 34 heavy (non-hydrogen) atoms. The average molecular weight is 486 g/mol. The summed E-state index contributed by atoms with van der Waals surface area (Å²) in [4.78, 5) is 38.4. The molecular weight excluding hydrogens is 458 g/mol. The third-order valence-electron chi connectivity index (χ3n) is 5.83. The maximum absolute atomic E-state index is 12.9. The molecule has 0 aliphatic carbocycles. The maximum atomic E-state index is 12.9. The number of morpholine rings is 1. The van der Waals surface area contributed by atoms with Gasteiger partial charge in [-0.05, 0) is 56.7 Å². The van der Waals surface area contributed by atoms with Crippen LogP contribution in [-0.2, 0) is 19.6 Å². The predicted octanol–water partition coefficient (Wildman–Crippen LogP) is 2.50. The molecule has 0 spiro atoms. The topological polar surface area (TPSA) is 113 Å². The molecule has 2 aromatic rings. The van der Waals surface area contributed by atoms with Gasteiger partial charge in [-0.3, -0.25) is 19.3 Å². The summed E-state index contributed by atoms with van der Waals surface area (Å²) in [5.41, 5.74) is 1.23. The Morgan fingerprint density at radius 3 is 2.09 bits per heavy atom. The smallest absolute Gasteiger partial charge is 0.261 e. The van der Waals surface area contributed by atoms with Gasteiger partial charge in [-0.25, -0.2) is 8.42 Å². The number of carbonyl (C=O) groups excluding carboxylic acids is 3. The fraction of sp³-hybridized carbons (Fsp3) is 0.375. The second-order valence-corrected chi connectivity index (χ2v) is 10.5. The van der Waals surface area contributed by atoms with Crippen LogP contribution in [-0.4, -0.2) is 67.2 Å². The van der Waals surface area contributed by atoms with Crippen LogP contribution in [0, 0.1) is 0 Å². The van der Waals surface area contributed by atoms with Gasteiger partial charge in [0.05, 0.1) is 28.2 Å². The Labute approximate surface area is 198 Å². The van der Waals surface area contributed by atoms with Gasteiger partial charge < -0.3 is 10.1 Å². The molecule has 180 valence electrons. The molecule has 0 aromatic heterocycles. The van der Waals surface area contributed by atoms with E-state index in [4.69, 9.17) is 4.74 Å². The van der Waals surface area contributed by atoms with Gasteiger partial charge >= 0.3 is 0 Å². The van der Waals surface area contributed by atoms with E-state index in [1.807, 2.05) is 13.8 Å². The summed E-state index contributed by atoms with van der Waals surface area (Å²) >= 11 is 0. The number of amides is 3. The third kappa shape index (κ3) is 4.89. The molecule has 10 heteroatoms. The van der Waals surface area contributed by atoms with Crippen molar-refractivity contribution in [1.82, 2.24) is 9.21 Å². The molecule has 0 bridgehead atoms. The van der Waals surface area contributed by atoms with Gasteiger partial charge in [-0.1, -0.05) is 12.1 Å². The summed E-state index contributed by atoms with van der Waals surface area (Å²) in [6.07, 6.45) is 0.0589. The third-order valence-corrected chi connectivity index (χ3v) is 7.67. The molecule has 3 amide bonds. The first-order valence-electron chi connectivity index (χ1n) is 11.2. The largest absolute Gasteiger partial charge is 0.373 e. The highest BCUT2D eigenvalue weighted by Crippen LogP contribution is 2.24. The lowest BCUT2D eigenvalue weighted by Gasteiger charge is -2.34. The highest BCUT2D eigenvalue weighted by molar-refractivity contribution is 7.89. The monoisotopic (exact) mass is 485 g/mol. The lowest BCUT2D eigenvalue weighted by molar-refractivity contribution is -0.116. The predicted molar refractivity (Wildman–Crippen MR) is 125 cm³/mol. The van der Waals surface area contributed by atoms with E-state index in [9.17, 15) is 22.8 Å². The fourth-order valence-corrected chi connectivity index (χ4v) is 5.84. The number of hydrogen-bond donors (Lipinski definition) is 1. The van der Waals surface area contributed by atoms with E-state index in [0.717, 1.165) is 4.90 Å². The first kappa shape index (κ1) is 24.1. The van der Waals surface area contributed by atoms with Gasteiger partial charge in [0.25, 0.3) is 11.8 Å². The van der Waals surface area contributed by atoms with Crippen molar-refractivity contribution in [3.05, 3.63) is 59.7 Å². The summed E-state index contributed by atoms with van der Waals surface area (Å²) in [6.45, 7) is 4.40. The number of nitrogens with zero attached hydrogens (tertiary/aromatic N) is 2. The molecule has 9 nitrogen and oxygen atoms in total. The Bertz CT molecular complexity index is 1170. The molecule has 2 aliphatic heterocycles. The highest BCUT2D eigenvalue weighted by atomic mass is 32.2. The van der Waals surface area contributed by atoms with Crippen molar-refractivity contribution in [2.75, 3.05) is 25.0 Å². The molecule has 4 rings (SSSR count). The number of hydrogen-bond acceptors (Lipinski definition) is 6. The zero-order valence-electron chi connectivity index (χ0n) is 19.1. The number of fused-ring (bicyclic) bond motifs is 1. The minimum atomic E-state index is -3.66. The van der Waals surface area contributed by atoms with Crippen LogP contribution in [0.2, 0.25) is 0 Å². The standard InChI is InChI=1S/C24H27N3O6S/c1-16-14-26(15-17(2)33-16)34(31,32)19-11-9-18(10-12-19)25-22(28)8-5-13-27-23(29)20-6-3-4-7-21(20)24(27)30/h3-4,6-7,9-12,16-17H,5,8,13-15H2,1-2H3,(H,25,28)/t16-,17-/m1/s1. The van der Waals surface area contributed by atoms with E-state index in [0.29, 0.717) is 23.2 Å². The number of anilines is 1. The van der Waals surface area contributed by atoms with Crippen LogP contribution in [0.3, 0.4) is 0 Å². The summed E-state index contributed by atoms with van der Waals surface area (Å²) in [5, 5.41) is 2.72. The Morgan fingerprint density at radius 2 is 1.53 bits per heavy atom. The van der Waals surface area contributed by atoms with Crippen molar-refractivity contribution < 1.29 is 27.5 Å².